The Morgan fingerprint density at radius 3 is 2.94 bits per heavy atom. The molecule has 0 aliphatic carbocycles. The normalized spacial score (nSPS) is 9.81. The molecule has 3 nitrogen and oxygen atoms in total. The molecule has 0 aliphatic heterocycles. The molecule has 2 aromatic rings. The van der Waals surface area contributed by atoms with E-state index in [1.807, 2.05) is 18.2 Å². The molecular weight excluding hydrogens is 202 g/mol. The summed E-state index contributed by atoms with van der Waals surface area (Å²) in [5.74, 6) is 0.748. The van der Waals surface area contributed by atoms with Crippen LogP contribution in [0.1, 0.15) is 10.4 Å². The predicted octanol–water partition coefficient (Wildman–Crippen LogP) is 2.57. The molecule has 0 amide bonds. The summed E-state index contributed by atoms with van der Waals surface area (Å²) in [6.45, 7) is 0. The van der Waals surface area contributed by atoms with Crippen LogP contribution in [0.15, 0.2) is 42.7 Å². The van der Waals surface area contributed by atoms with Gasteiger partial charge in [0.25, 0.3) is 0 Å². The third-order valence-corrected chi connectivity index (χ3v) is 2.33. The fraction of sp³-hybridized carbons (Fsp3) is 0.0769. The second-order valence-electron chi connectivity index (χ2n) is 3.32. The van der Waals surface area contributed by atoms with Gasteiger partial charge in [-0.05, 0) is 17.7 Å². The van der Waals surface area contributed by atoms with Crippen LogP contribution in [-0.2, 0) is 0 Å². The van der Waals surface area contributed by atoms with Gasteiger partial charge in [0, 0.05) is 23.5 Å². The number of aromatic nitrogens is 1. The molecule has 0 N–H and O–H groups in total. The van der Waals surface area contributed by atoms with Gasteiger partial charge in [-0.15, -0.1) is 0 Å². The average molecular weight is 213 g/mol. The number of carbonyl (C=O) groups excluding carboxylic acids is 1. The number of nitrogens with zero attached hydrogens (tertiary/aromatic N) is 1. The minimum atomic E-state index is 0.642. The van der Waals surface area contributed by atoms with Gasteiger partial charge >= 0.3 is 0 Å². The predicted molar refractivity (Wildman–Crippen MR) is 61.6 cm³/mol. The maximum Gasteiger partial charge on any atom is 0.150 e. The zero-order valence-corrected chi connectivity index (χ0v) is 8.88. The number of aldehydes is 1. The Hall–Kier alpha value is -2.16. The highest BCUT2D eigenvalue weighted by Crippen LogP contribution is 2.28. The van der Waals surface area contributed by atoms with Gasteiger partial charge in [-0.1, -0.05) is 18.2 Å². The van der Waals surface area contributed by atoms with Crippen LogP contribution in [0.4, 0.5) is 0 Å². The zero-order chi connectivity index (χ0) is 11.4. The fourth-order valence-corrected chi connectivity index (χ4v) is 1.56. The van der Waals surface area contributed by atoms with Gasteiger partial charge in [0.05, 0.1) is 7.11 Å². The van der Waals surface area contributed by atoms with E-state index in [9.17, 15) is 4.79 Å². The topological polar surface area (TPSA) is 39.2 Å². The van der Waals surface area contributed by atoms with E-state index in [1.165, 1.54) is 0 Å². The first-order valence-electron chi connectivity index (χ1n) is 4.89. The van der Waals surface area contributed by atoms with Gasteiger partial charge in [0.1, 0.15) is 12.0 Å². The second kappa shape index (κ2) is 4.57. The smallest absolute Gasteiger partial charge is 0.150 e. The van der Waals surface area contributed by atoms with Crippen LogP contribution in [0.2, 0.25) is 0 Å². The van der Waals surface area contributed by atoms with Crippen LogP contribution >= 0.6 is 0 Å². The SMILES string of the molecule is COc1ccncc1-c1cccc(C=O)c1. The minimum absolute atomic E-state index is 0.642. The minimum Gasteiger partial charge on any atom is -0.496 e. The molecule has 0 saturated carbocycles. The van der Waals surface area contributed by atoms with E-state index < -0.39 is 0 Å². The van der Waals surface area contributed by atoms with Crippen LogP contribution in [0, 0.1) is 0 Å². The second-order valence-corrected chi connectivity index (χ2v) is 3.32. The summed E-state index contributed by atoms with van der Waals surface area (Å²) in [7, 11) is 1.61. The van der Waals surface area contributed by atoms with Gasteiger partial charge in [-0.3, -0.25) is 9.78 Å². The van der Waals surface area contributed by atoms with Gasteiger partial charge < -0.3 is 4.74 Å². The Morgan fingerprint density at radius 1 is 1.31 bits per heavy atom. The highest BCUT2D eigenvalue weighted by molar-refractivity contribution is 5.80. The van der Waals surface area contributed by atoms with E-state index in [1.54, 1.807) is 31.6 Å². The van der Waals surface area contributed by atoms with Gasteiger partial charge in [0.15, 0.2) is 0 Å². The molecule has 2 rings (SSSR count). The molecule has 1 aromatic heterocycles. The largest absolute Gasteiger partial charge is 0.496 e. The number of ether oxygens (including phenoxy) is 1. The average Bonchev–Trinajstić information content (AvgIpc) is 2.38. The van der Waals surface area contributed by atoms with Crippen LogP contribution in [0.25, 0.3) is 11.1 Å². The third kappa shape index (κ3) is 1.93. The lowest BCUT2D eigenvalue weighted by atomic mass is 10.0. The first kappa shape index (κ1) is 10.4. The highest BCUT2D eigenvalue weighted by atomic mass is 16.5. The summed E-state index contributed by atoms with van der Waals surface area (Å²) in [6.07, 6.45) is 4.22. The van der Waals surface area contributed by atoms with Crippen molar-refractivity contribution in [1.29, 1.82) is 0 Å². The number of pyridine rings is 1. The maximum absolute atomic E-state index is 10.7. The number of methoxy groups -OCH3 is 1. The summed E-state index contributed by atoms with van der Waals surface area (Å²) >= 11 is 0. The standard InChI is InChI=1S/C13H11NO2/c1-16-13-5-6-14-8-12(13)11-4-2-3-10(7-11)9-15/h2-9H,1H3. The van der Waals surface area contributed by atoms with E-state index in [0.717, 1.165) is 23.2 Å². The quantitative estimate of drug-likeness (QED) is 0.735. The van der Waals surface area contributed by atoms with E-state index in [-0.39, 0.29) is 0 Å². The first-order valence-corrected chi connectivity index (χ1v) is 4.89. The van der Waals surface area contributed by atoms with Crippen molar-refractivity contribution in [2.24, 2.45) is 0 Å². The van der Waals surface area contributed by atoms with Crippen molar-refractivity contribution in [3.05, 3.63) is 48.3 Å². The van der Waals surface area contributed by atoms with Crippen LogP contribution in [0.5, 0.6) is 5.75 Å². The lowest BCUT2D eigenvalue weighted by molar-refractivity contribution is 0.112. The number of hydrogen-bond acceptors (Lipinski definition) is 3. The molecule has 3 heteroatoms. The van der Waals surface area contributed by atoms with Crippen LogP contribution < -0.4 is 4.74 Å². The Bertz CT molecular complexity index is 509. The summed E-state index contributed by atoms with van der Waals surface area (Å²) in [4.78, 5) is 14.8. The highest BCUT2D eigenvalue weighted by Gasteiger charge is 2.05. The van der Waals surface area contributed by atoms with E-state index in [2.05, 4.69) is 4.98 Å². The lowest BCUT2D eigenvalue weighted by Crippen LogP contribution is -1.89. The van der Waals surface area contributed by atoms with Crippen molar-refractivity contribution in [2.45, 2.75) is 0 Å². The first-order chi connectivity index (χ1) is 7.85. The molecule has 1 aromatic carbocycles. The molecule has 0 saturated heterocycles. The van der Waals surface area contributed by atoms with E-state index >= 15 is 0 Å². The molecule has 16 heavy (non-hydrogen) atoms. The molecular formula is C13H11NO2. The van der Waals surface area contributed by atoms with Crippen LogP contribution in [0.3, 0.4) is 0 Å². The molecule has 0 aliphatic rings. The fourth-order valence-electron chi connectivity index (χ4n) is 1.56. The van der Waals surface area contributed by atoms with Crippen LogP contribution in [-0.4, -0.2) is 18.4 Å². The number of rotatable bonds is 3. The molecule has 0 bridgehead atoms. The lowest BCUT2D eigenvalue weighted by Gasteiger charge is -2.07. The van der Waals surface area contributed by atoms with E-state index in [0.29, 0.717) is 5.56 Å². The van der Waals surface area contributed by atoms with Crippen molar-refractivity contribution in [2.75, 3.05) is 7.11 Å². The molecule has 0 atom stereocenters. The zero-order valence-electron chi connectivity index (χ0n) is 8.88. The molecule has 0 radical (unpaired) electrons. The van der Waals surface area contributed by atoms with Gasteiger partial charge in [0.2, 0.25) is 0 Å². The van der Waals surface area contributed by atoms with Crippen molar-refractivity contribution in [3.63, 3.8) is 0 Å². The Kier molecular flexibility index (Phi) is 2.96. The van der Waals surface area contributed by atoms with E-state index in [4.69, 9.17) is 4.74 Å². The Balaban J connectivity index is 2.53. The molecule has 80 valence electrons. The monoisotopic (exact) mass is 213 g/mol. The molecule has 0 unspecified atom stereocenters. The number of benzene rings is 1. The molecule has 1 heterocycles. The third-order valence-electron chi connectivity index (χ3n) is 2.33. The van der Waals surface area contributed by atoms with Gasteiger partial charge in [-0.25, -0.2) is 0 Å². The molecule has 0 spiro atoms. The number of hydrogen-bond donors (Lipinski definition) is 0. The summed E-state index contributed by atoms with van der Waals surface area (Å²) in [6, 6.07) is 9.13. The summed E-state index contributed by atoms with van der Waals surface area (Å²) in [5.41, 5.74) is 2.45. The summed E-state index contributed by atoms with van der Waals surface area (Å²) < 4.78 is 5.24. The van der Waals surface area contributed by atoms with Crippen molar-refractivity contribution in [3.8, 4) is 16.9 Å². The maximum atomic E-state index is 10.7. The van der Waals surface area contributed by atoms with Gasteiger partial charge in [-0.2, -0.15) is 0 Å². The molecule has 0 fully saturated rings. The van der Waals surface area contributed by atoms with Crippen molar-refractivity contribution >= 4 is 6.29 Å². The number of carbonyl (C=O) groups is 1. The van der Waals surface area contributed by atoms with Crippen molar-refractivity contribution < 1.29 is 9.53 Å². The Labute approximate surface area is 93.7 Å². The summed E-state index contributed by atoms with van der Waals surface area (Å²) in [5, 5.41) is 0. The van der Waals surface area contributed by atoms with Crippen molar-refractivity contribution in [1.82, 2.24) is 4.98 Å². The Morgan fingerprint density at radius 2 is 2.19 bits per heavy atom.